The molecule has 1 aromatic carbocycles. The zero-order valence-electron chi connectivity index (χ0n) is 14.4. The van der Waals surface area contributed by atoms with Gasteiger partial charge in [-0.05, 0) is 50.1 Å². The zero-order chi connectivity index (χ0) is 18.0. The molecule has 0 unspecified atom stereocenters. The second kappa shape index (κ2) is 6.51. The SMILES string of the molecule is CC(C)(C)OC(=O)N1Cc2ccc(NC(=O)c3ccncn3)cc2C1. The summed E-state index contributed by atoms with van der Waals surface area (Å²) in [5.41, 5.74) is 2.47. The lowest BCUT2D eigenvalue weighted by Crippen LogP contribution is -2.33. The normalized spacial score (nSPS) is 13.3. The van der Waals surface area contributed by atoms with E-state index in [4.69, 9.17) is 4.74 Å². The maximum Gasteiger partial charge on any atom is 0.410 e. The molecule has 0 spiro atoms. The third-order valence-electron chi connectivity index (χ3n) is 3.65. The first kappa shape index (κ1) is 16.9. The summed E-state index contributed by atoms with van der Waals surface area (Å²) >= 11 is 0. The van der Waals surface area contributed by atoms with Gasteiger partial charge in [0.25, 0.3) is 5.91 Å². The predicted molar refractivity (Wildman–Crippen MR) is 91.9 cm³/mol. The molecule has 1 N–H and O–H groups in total. The van der Waals surface area contributed by atoms with Gasteiger partial charge in [-0.3, -0.25) is 9.69 Å². The van der Waals surface area contributed by atoms with Crippen LogP contribution in [-0.2, 0) is 17.8 Å². The summed E-state index contributed by atoms with van der Waals surface area (Å²) in [5, 5.41) is 2.81. The summed E-state index contributed by atoms with van der Waals surface area (Å²) in [4.78, 5) is 33.7. The third-order valence-corrected chi connectivity index (χ3v) is 3.65. The van der Waals surface area contributed by atoms with E-state index in [2.05, 4.69) is 15.3 Å². The second-order valence-electron chi connectivity index (χ2n) is 6.87. The molecule has 0 fully saturated rings. The van der Waals surface area contributed by atoms with Crippen molar-refractivity contribution < 1.29 is 14.3 Å². The molecule has 2 aromatic rings. The van der Waals surface area contributed by atoms with E-state index < -0.39 is 5.60 Å². The molecule has 0 saturated heterocycles. The van der Waals surface area contributed by atoms with Crippen molar-refractivity contribution in [3.05, 3.63) is 53.6 Å². The number of amides is 2. The van der Waals surface area contributed by atoms with E-state index in [1.54, 1.807) is 11.0 Å². The van der Waals surface area contributed by atoms with Crippen LogP contribution >= 0.6 is 0 Å². The van der Waals surface area contributed by atoms with Crippen LogP contribution in [0.4, 0.5) is 10.5 Å². The highest BCUT2D eigenvalue weighted by Gasteiger charge is 2.27. The van der Waals surface area contributed by atoms with Crippen LogP contribution in [0, 0.1) is 0 Å². The van der Waals surface area contributed by atoms with E-state index in [-0.39, 0.29) is 12.0 Å². The number of benzene rings is 1. The highest BCUT2D eigenvalue weighted by Crippen LogP contribution is 2.27. The Labute approximate surface area is 146 Å². The minimum absolute atomic E-state index is 0.297. The van der Waals surface area contributed by atoms with Crippen molar-refractivity contribution in [3.8, 4) is 0 Å². The Bertz CT molecular complexity index is 800. The van der Waals surface area contributed by atoms with Crippen LogP contribution < -0.4 is 5.32 Å². The van der Waals surface area contributed by atoms with Crippen molar-refractivity contribution in [2.45, 2.75) is 39.5 Å². The summed E-state index contributed by atoms with van der Waals surface area (Å²) in [6.07, 6.45) is 2.51. The first-order valence-corrected chi connectivity index (χ1v) is 7.99. The minimum Gasteiger partial charge on any atom is -0.444 e. The van der Waals surface area contributed by atoms with Gasteiger partial charge in [-0.1, -0.05) is 6.07 Å². The second-order valence-corrected chi connectivity index (χ2v) is 6.87. The van der Waals surface area contributed by atoms with Gasteiger partial charge in [0.2, 0.25) is 0 Å². The van der Waals surface area contributed by atoms with Gasteiger partial charge in [0, 0.05) is 25.0 Å². The van der Waals surface area contributed by atoms with Gasteiger partial charge in [0.1, 0.15) is 17.6 Å². The lowest BCUT2D eigenvalue weighted by Gasteiger charge is -2.24. The first-order valence-electron chi connectivity index (χ1n) is 7.99. The number of nitrogens with one attached hydrogen (secondary N) is 1. The van der Waals surface area contributed by atoms with E-state index in [0.29, 0.717) is 24.5 Å². The molecule has 1 aliphatic rings. The summed E-state index contributed by atoms with van der Waals surface area (Å²) in [5.74, 6) is -0.302. The van der Waals surface area contributed by atoms with E-state index in [1.807, 2.05) is 39.0 Å². The average Bonchev–Trinajstić information content (AvgIpc) is 2.97. The first-order chi connectivity index (χ1) is 11.8. The number of rotatable bonds is 2. The van der Waals surface area contributed by atoms with Crippen molar-refractivity contribution in [2.24, 2.45) is 0 Å². The van der Waals surface area contributed by atoms with Crippen LogP contribution in [0.1, 0.15) is 42.4 Å². The van der Waals surface area contributed by atoms with Gasteiger partial charge in [-0.2, -0.15) is 0 Å². The number of anilines is 1. The van der Waals surface area contributed by atoms with Crippen molar-refractivity contribution in [3.63, 3.8) is 0 Å². The number of hydrogen-bond donors (Lipinski definition) is 1. The van der Waals surface area contributed by atoms with Crippen LogP contribution in [0.5, 0.6) is 0 Å². The molecular formula is C18H20N4O3. The van der Waals surface area contributed by atoms with Gasteiger partial charge in [0.05, 0.1) is 0 Å². The molecule has 7 nitrogen and oxygen atoms in total. The molecule has 0 bridgehead atoms. The van der Waals surface area contributed by atoms with Crippen molar-refractivity contribution >= 4 is 17.7 Å². The lowest BCUT2D eigenvalue weighted by molar-refractivity contribution is 0.0241. The minimum atomic E-state index is -0.525. The maximum atomic E-state index is 12.2. The molecule has 2 heterocycles. The number of nitrogens with zero attached hydrogens (tertiary/aromatic N) is 3. The third kappa shape index (κ3) is 4.12. The smallest absolute Gasteiger partial charge is 0.410 e. The molecule has 0 atom stereocenters. The van der Waals surface area contributed by atoms with E-state index in [9.17, 15) is 9.59 Å². The number of aromatic nitrogens is 2. The Morgan fingerprint density at radius 2 is 1.92 bits per heavy atom. The molecule has 0 saturated carbocycles. The van der Waals surface area contributed by atoms with Crippen LogP contribution in [0.2, 0.25) is 0 Å². The van der Waals surface area contributed by atoms with Crippen molar-refractivity contribution in [1.29, 1.82) is 0 Å². The van der Waals surface area contributed by atoms with Crippen LogP contribution in [0.25, 0.3) is 0 Å². The molecule has 25 heavy (non-hydrogen) atoms. The van der Waals surface area contributed by atoms with Gasteiger partial charge in [-0.25, -0.2) is 14.8 Å². The lowest BCUT2D eigenvalue weighted by atomic mass is 10.1. The van der Waals surface area contributed by atoms with Crippen LogP contribution in [0.15, 0.2) is 36.8 Å². The van der Waals surface area contributed by atoms with E-state index in [0.717, 1.165) is 11.1 Å². The molecule has 0 radical (unpaired) electrons. The number of ether oxygens (including phenoxy) is 1. The molecule has 3 rings (SSSR count). The molecule has 7 heteroatoms. The highest BCUT2D eigenvalue weighted by molar-refractivity contribution is 6.02. The summed E-state index contributed by atoms with van der Waals surface area (Å²) < 4.78 is 5.41. The topological polar surface area (TPSA) is 84.4 Å². The number of carbonyl (C=O) groups excluding carboxylic acids is 2. The Balaban J connectivity index is 1.68. The van der Waals surface area contributed by atoms with E-state index in [1.165, 1.54) is 12.5 Å². The summed E-state index contributed by atoms with van der Waals surface area (Å²) in [7, 11) is 0. The number of carbonyl (C=O) groups is 2. The van der Waals surface area contributed by atoms with Gasteiger partial charge in [-0.15, -0.1) is 0 Å². The van der Waals surface area contributed by atoms with Gasteiger partial charge >= 0.3 is 6.09 Å². The molecule has 0 aliphatic carbocycles. The Hall–Kier alpha value is -2.96. The van der Waals surface area contributed by atoms with Gasteiger partial charge < -0.3 is 10.1 Å². The summed E-state index contributed by atoms with van der Waals surface area (Å²) in [6, 6.07) is 7.15. The molecule has 1 aromatic heterocycles. The fourth-order valence-electron chi connectivity index (χ4n) is 2.55. The molecule has 2 amide bonds. The average molecular weight is 340 g/mol. The van der Waals surface area contributed by atoms with Crippen LogP contribution in [-0.4, -0.2) is 32.5 Å². The van der Waals surface area contributed by atoms with Crippen molar-refractivity contribution in [2.75, 3.05) is 5.32 Å². The number of hydrogen-bond acceptors (Lipinski definition) is 5. The standard InChI is InChI=1S/C18H20N4O3/c1-18(2,3)25-17(24)22-9-12-4-5-14(8-13(12)10-22)21-16(23)15-6-7-19-11-20-15/h4-8,11H,9-10H2,1-3H3,(H,21,23). The molecular weight excluding hydrogens is 320 g/mol. The van der Waals surface area contributed by atoms with E-state index >= 15 is 0 Å². The Morgan fingerprint density at radius 3 is 2.60 bits per heavy atom. The summed E-state index contributed by atoms with van der Waals surface area (Å²) in [6.45, 7) is 6.49. The number of fused-ring (bicyclic) bond motifs is 1. The zero-order valence-corrected chi connectivity index (χ0v) is 14.4. The molecule has 1 aliphatic heterocycles. The monoisotopic (exact) mass is 340 g/mol. The van der Waals surface area contributed by atoms with Gasteiger partial charge in [0.15, 0.2) is 0 Å². The predicted octanol–water partition coefficient (Wildman–Crippen LogP) is 2.98. The quantitative estimate of drug-likeness (QED) is 0.908. The molecule has 130 valence electrons. The Morgan fingerprint density at radius 1 is 1.16 bits per heavy atom. The van der Waals surface area contributed by atoms with Crippen molar-refractivity contribution in [1.82, 2.24) is 14.9 Å². The maximum absolute atomic E-state index is 12.2. The highest BCUT2D eigenvalue weighted by atomic mass is 16.6. The van der Waals surface area contributed by atoms with Crippen LogP contribution in [0.3, 0.4) is 0 Å². The fraction of sp³-hybridized carbons (Fsp3) is 0.333. The fourth-order valence-corrected chi connectivity index (χ4v) is 2.55. The Kier molecular flexibility index (Phi) is 4.39. The largest absolute Gasteiger partial charge is 0.444 e.